The van der Waals surface area contributed by atoms with Crippen LogP contribution < -0.4 is 10.1 Å². The van der Waals surface area contributed by atoms with Gasteiger partial charge in [-0.15, -0.1) is 0 Å². The van der Waals surface area contributed by atoms with Crippen LogP contribution in [0.25, 0.3) is 0 Å². The van der Waals surface area contributed by atoms with E-state index in [2.05, 4.69) is 43.4 Å². The van der Waals surface area contributed by atoms with E-state index in [0.717, 1.165) is 30.9 Å². The van der Waals surface area contributed by atoms with Gasteiger partial charge >= 0.3 is 0 Å². The molecule has 124 valence electrons. The number of aryl methyl sites for hydroxylation is 2. The predicted octanol–water partition coefficient (Wildman–Crippen LogP) is 4.58. The van der Waals surface area contributed by atoms with Gasteiger partial charge in [0.2, 0.25) is 0 Å². The van der Waals surface area contributed by atoms with Gasteiger partial charge < -0.3 is 14.8 Å². The molecule has 0 bridgehead atoms. The van der Waals surface area contributed by atoms with Crippen molar-refractivity contribution in [1.82, 2.24) is 0 Å². The zero-order valence-electron chi connectivity index (χ0n) is 14.4. The molecule has 0 unspecified atom stereocenters. The van der Waals surface area contributed by atoms with Gasteiger partial charge in [-0.1, -0.05) is 43.3 Å². The highest BCUT2D eigenvalue weighted by molar-refractivity contribution is 5.57. The number of nitrogens with one attached hydrogen (secondary N) is 1. The SMILES string of the molecule is CCOCCOc1ccccc1CNc1c(C)cccc1CC. The third-order valence-corrected chi connectivity index (χ3v) is 3.86. The highest BCUT2D eigenvalue weighted by atomic mass is 16.5. The summed E-state index contributed by atoms with van der Waals surface area (Å²) in [6.07, 6.45) is 1.02. The van der Waals surface area contributed by atoms with Gasteiger partial charge in [0.05, 0.1) is 6.61 Å². The number of hydrogen-bond donors (Lipinski definition) is 1. The number of para-hydroxylation sites is 2. The van der Waals surface area contributed by atoms with Crippen molar-refractivity contribution in [2.24, 2.45) is 0 Å². The Labute approximate surface area is 139 Å². The van der Waals surface area contributed by atoms with Crippen molar-refractivity contribution in [1.29, 1.82) is 0 Å². The highest BCUT2D eigenvalue weighted by Gasteiger charge is 2.07. The minimum Gasteiger partial charge on any atom is -0.491 e. The van der Waals surface area contributed by atoms with E-state index in [0.29, 0.717) is 13.2 Å². The van der Waals surface area contributed by atoms with Gasteiger partial charge in [0.15, 0.2) is 0 Å². The minimum absolute atomic E-state index is 0.579. The Bertz CT molecular complexity index is 610. The molecule has 2 rings (SSSR count). The summed E-state index contributed by atoms with van der Waals surface area (Å²) in [5, 5.41) is 3.58. The van der Waals surface area contributed by atoms with E-state index in [-0.39, 0.29) is 0 Å². The third-order valence-electron chi connectivity index (χ3n) is 3.86. The summed E-state index contributed by atoms with van der Waals surface area (Å²) >= 11 is 0. The fraction of sp³-hybridized carbons (Fsp3) is 0.400. The van der Waals surface area contributed by atoms with Gasteiger partial charge in [-0.25, -0.2) is 0 Å². The van der Waals surface area contributed by atoms with Gasteiger partial charge in [0.25, 0.3) is 0 Å². The van der Waals surface area contributed by atoms with Gasteiger partial charge in [-0.3, -0.25) is 0 Å². The molecule has 23 heavy (non-hydrogen) atoms. The van der Waals surface area contributed by atoms with E-state index in [1.807, 2.05) is 25.1 Å². The molecule has 2 aromatic rings. The van der Waals surface area contributed by atoms with Crippen molar-refractivity contribution in [3.8, 4) is 5.75 Å². The molecular formula is C20H27NO2. The molecule has 0 saturated heterocycles. The maximum Gasteiger partial charge on any atom is 0.124 e. The topological polar surface area (TPSA) is 30.5 Å². The molecular weight excluding hydrogens is 286 g/mol. The first-order chi connectivity index (χ1) is 11.3. The molecule has 0 saturated carbocycles. The van der Waals surface area contributed by atoms with Crippen molar-refractivity contribution < 1.29 is 9.47 Å². The maximum absolute atomic E-state index is 5.85. The van der Waals surface area contributed by atoms with Crippen LogP contribution in [-0.2, 0) is 17.7 Å². The van der Waals surface area contributed by atoms with E-state index in [1.165, 1.54) is 16.8 Å². The predicted molar refractivity (Wildman–Crippen MR) is 96.3 cm³/mol. The Balaban J connectivity index is 2.03. The lowest BCUT2D eigenvalue weighted by atomic mass is 10.1. The molecule has 3 nitrogen and oxygen atoms in total. The maximum atomic E-state index is 5.85. The van der Waals surface area contributed by atoms with Crippen molar-refractivity contribution in [2.75, 3.05) is 25.1 Å². The Morgan fingerprint density at radius 3 is 2.48 bits per heavy atom. The molecule has 0 aliphatic rings. The van der Waals surface area contributed by atoms with Crippen LogP contribution in [-0.4, -0.2) is 19.8 Å². The Morgan fingerprint density at radius 1 is 0.913 bits per heavy atom. The van der Waals surface area contributed by atoms with E-state index < -0.39 is 0 Å². The lowest BCUT2D eigenvalue weighted by Gasteiger charge is -2.16. The largest absolute Gasteiger partial charge is 0.491 e. The summed E-state index contributed by atoms with van der Waals surface area (Å²) in [4.78, 5) is 0. The zero-order chi connectivity index (χ0) is 16.5. The van der Waals surface area contributed by atoms with E-state index in [1.54, 1.807) is 0 Å². The smallest absolute Gasteiger partial charge is 0.124 e. The summed E-state index contributed by atoms with van der Waals surface area (Å²) in [5.74, 6) is 0.923. The fourth-order valence-electron chi connectivity index (χ4n) is 2.61. The summed E-state index contributed by atoms with van der Waals surface area (Å²) in [6, 6.07) is 14.6. The molecule has 3 heteroatoms. The molecule has 0 aliphatic heterocycles. The van der Waals surface area contributed by atoms with Crippen LogP contribution in [0.1, 0.15) is 30.5 Å². The first-order valence-electron chi connectivity index (χ1n) is 8.37. The van der Waals surface area contributed by atoms with Crippen LogP contribution in [0.4, 0.5) is 5.69 Å². The minimum atomic E-state index is 0.579. The van der Waals surface area contributed by atoms with Crippen LogP contribution in [0, 0.1) is 6.92 Å². The molecule has 0 aliphatic carbocycles. The molecule has 0 fully saturated rings. The number of ether oxygens (including phenoxy) is 2. The summed E-state index contributed by atoms with van der Waals surface area (Å²) in [6.45, 7) is 9.00. The molecule has 2 aromatic carbocycles. The number of rotatable bonds is 9. The molecule has 0 spiro atoms. The normalized spacial score (nSPS) is 10.6. The van der Waals surface area contributed by atoms with Crippen molar-refractivity contribution in [3.05, 3.63) is 59.2 Å². The first kappa shape index (κ1) is 17.4. The van der Waals surface area contributed by atoms with Crippen molar-refractivity contribution >= 4 is 5.69 Å². The average Bonchev–Trinajstić information content (AvgIpc) is 2.58. The molecule has 1 N–H and O–H groups in total. The van der Waals surface area contributed by atoms with Crippen LogP contribution in [0.3, 0.4) is 0 Å². The van der Waals surface area contributed by atoms with Gasteiger partial charge in [-0.05, 0) is 37.5 Å². The molecule has 0 heterocycles. The van der Waals surface area contributed by atoms with Crippen LogP contribution >= 0.6 is 0 Å². The standard InChI is InChI=1S/C20H27NO2/c1-4-17-11-8-9-16(3)20(17)21-15-18-10-6-7-12-19(18)23-14-13-22-5-2/h6-12,21H,4-5,13-15H2,1-3H3. The average molecular weight is 313 g/mol. The van der Waals surface area contributed by atoms with Crippen LogP contribution in [0.2, 0.25) is 0 Å². The zero-order valence-corrected chi connectivity index (χ0v) is 14.4. The van der Waals surface area contributed by atoms with Crippen molar-refractivity contribution in [3.63, 3.8) is 0 Å². The highest BCUT2D eigenvalue weighted by Crippen LogP contribution is 2.24. The second kappa shape index (κ2) is 9.21. The second-order valence-corrected chi connectivity index (χ2v) is 5.47. The van der Waals surface area contributed by atoms with E-state index in [4.69, 9.17) is 9.47 Å². The fourth-order valence-corrected chi connectivity index (χ4v) is 2.61. The third kappa shape index (κ3) is 5.00. The summed E-state index contributed by atoms with van der Waals surface area (Å²) in [7, 11) is 0. The van der Waals surface area contributed by atoms with Gasteiger partial charge in [0, 0.05) is 24.4 Å². The van der Waals surface area contributed by atoms with Crippen molar-refractivity contribution in [2.45, 2.75) is 33.7 Å². The molecule has 0 aromatic heterocycles. The molecule has 0 atom stereocenters. The molecule has 0 amide bonds. The quantitative estimate of drug-likeness (QED) is 0.687. The van der Waals surface area contributed by atoms with Gasteiger partial charge in [-0.2, -0.15) is 0 Å². The van der Waals surface area contributed by atoms with Crippen LogP contribution in [0.5, 0.6) is 5.75 Å². The number of anilines is 1. The Morgan fingerprint density at radius 2 is 1.70 bits per heavy atom. The van der Waals surface area contributed by atoms with E-state index >= 15 is 0 Å². The number of benzene rings is 2. The monoisotopic (exact) mass is 313 g/mol. The van der Waals surface area contributed by atoms with E-state index in [9.17, 15) is 0 Å². The Hall–Kier alpha value is -2.00. The van der Waals surface area contributed by atoms with Crippen LogP contribution in [0.15, 0.2) is 42.5 Å². The lowest BCUT2D eigenvalue weighted by molar-refractivity contribution is 0.110. The number of hydrogen-bond acceptors (Lipinski definition) is 3. The van der Waals surface area contributed by atoms with Gasteiger partial charge in [0.1, 0.15) is 12.4 Å². The molecule has 0 radical (unpaired) electrons. The first-order valence-corrected chi connectivity index (χ1v) is 8.37. The Kier molecular flexibility index (Phi) is 6.95. The second-order valence-electron chi connectivity index (χ2n) is 5.47. The summed E-state index contributed by atoms with van der Waals surface area (Å²) < 4.78 is 11.2. The lowest BCUT2D eigenvalue weighted by Crippen LogP contribution is -2.09. The summed E-state index contributed by atoms with van der Waals surface area (Å²) in [5.41, 5.74) is 5.02.